The summed E-state index contributed by atoms with van der Waals surface area (Å²) in [6.07, 6.45) is 5.20. The van der Waals surface area contributed by atoms with Gasteiger partial charge in [-0.15, -0.1) is 6.42 Å². The van der Waals surface area contributed by atoms with Crippen LogP contribution in [0.2, 0.25) is 0 Å². The number of benzene rings is 1. The van der Waals surface area contributed by atoms with Crippen molar-refractivity contribution < 1.29 is 14.3 Å². The van der Waals surface area contributed by atoms with Gasteiger partial charge in [-0.05, 0) is 24.6 Å². The summed E-state index contributed by atoms with van der Waals surface area (Å²) in [4.78, 5) is 12.3. The number of carboxylic acids is 1. The smallest absolute Gasteiger partial charge is 0.317 e. The molecule has 0 aromatic heterocycles. The number of halogens is 1. The minimum absolute atomic E-state index is 0.136. The third-order valence-corrected chi connectivity index (χ3v) is 2.53. The van der Waals surface area contributed by atoms with Gasteiger partial charge in [-0.3, -0.25) is 9.69 Å². The van der Waals surface area contributed by atoms with Gasteiger partial charge in [0.1, 0.15) is 5.82 Å². The van der Waals surface area contributed by atoms with Crippen molar-refractivity contribution in [2.45, 2.75) is 13.0 Å². The third kappa shape index (κ3) is 3.89. The Balaban J connectivity index is 2.83. The zero-order valence-electron chi connectivity index (χ0n) is 9.56. The molecule has 3 nitrogen and oxygen atoms in total. The Bertz CT molecular complexity index is 422. The highest BCUT2D eigenvalue weighted by molar-refractivity contribution is 5.69. The summed E-state index contributed by atoms with van der Waals surface area (Å²) in [5.41, 5.74) is 0.836. The molecule has 1 aromatic carbocycles. The van der Waals surface area contributed by atoms with Crippen molar-refractivity contribution in [3.63, 3.8) is 0 Å². The highest BCUT2D eigenvalue weighted by Gasteiger charge is 2.17. The molecule has 0 spiro atoms. The van der Waals surface area contributed by atoms with Crippen molar-refractivity contribution in [3.8, 4) is 12.3 Å². The molecular weight excluding hydrogens is 221 g/mol. The average Bonchev–Trinajstić information content (AvgIpc) is 2.28. The summed E-state index contributed by atoms with van der Waals surface area (Å²) >= 11 is 0. The molecule has 0 bridgehead atoms. The lowest BCUT2D eigenvalue weighted by Crippen LogP contribution is -2.32. The van der Waals surface area contributed by atoms with Crippen LogP contribution in [0.5, 0.6) is 0 Å². The Morgan fingerprint density at radius 3 is 2.59 bits per heavy atom. The lowest BCUT2D eigenvalue weighted by molar-refractivity contribution is -0.138. The summed E-state index contributed by atoms with van der Waals surface area (Å²) in [6, 6.07) is 5.79. The lowest BCUT2D eigenvalue weighted by Gasteiger charge is -2.25. The van der Waals surface area contributed by atoms with Crippen molar-refractivity contribution in [1.82, 2.24) is 4.90 Å². The summed E-state index contributed by atoms with van der Waals surface area (Å²) in [5.74, 6) is 1.17. The van der Waals surface area contributed by atoms with Crippen LogP contribution < -0.4 is 0 Å². The van der Waals surface area contributed by atoms with Gasteiger partial charge in [-0.25, -0.2) is 4.39 Å². The number of terminal acetylenes is 1. The van der Waals surface area contributed by atoms with Crippen LogP contribution in [-0.4, -0.2) is 29.1 Å². The molecule has 0 saturated carbocycles. The van der Waals surface area contributed by atoms with Crippen molar-refractivity contribution in [2.24, 2.45) is 0 Å². The Kier molecular flexibility index (Phi) is 4.68. The first-order valence-corrected chi connectivity index (χ1v) is 5.19. The van der Waals surface area contributed by atoms with E-state index in [0.29, 0.717) is 0 Å². The molecule has 1 aromatic rings. The summed E-state index contributed by atoms with van der Waals surface area (Å²) in [6.45, 7) is 1.95. The fraction of sp³-hybridized carbons (Fsp3) is 0.308. The molecule has 90 valence electrons. The molecule has 0 aliphatic rings. The van der Waals surface area contributed by atoms with Crippen molar-refractivity contribution in [2.75, 3.05) is 13.1 Å². The third-order valence-electron chi connectivity index (χ3n) is 2.53. The van der Waals surface area contributed by atoms with Crippen molar-refractivity contribution in [1.29, 1.82) is 0 Å². The van der Waals surface area contributed by atoms with Crippen LogP contribution in [0.1, 0.15) is 18.5 Å². The SMILES string of the molecule is C#CCN(CC(=O)O)C(C)c1ccc(F)cc1. The number of rotatable bonds is 5. The minimum atomic E-state index is -0.936. The molecule has 17 heavy (non-hydrogen) atoms. The second-order valence-electron chi connectivity index (χ2n) is 3.73. The number of nitrogens with zero attached hydrogens (tertiary/aromatic N) is 1. The first kappa shape index (κ1) is 13.2. The molecule has 1 rings (SSSR count). The molecule has 0 fully saturated rings. The Hall–Kier alpha value is -1.86. The van der Waals surface area contributed by atoms with Crippen LogP contribution >= 0.6 is 0 Å². The van der Waals surface area contributed by atoms with E-state index in [2.05, 4.69) is 5.92 Å². The molecule has 0 aliphatic carbocycles. The van der Waals surface area contributed by atoms with E-state index >= 15 is 0 Å². The molecule has 0 amide bonds. The van der Waals surface area contributed by atoms with Crippen LogP contribution in [0.4, 0.5) is 4.39 Å². The van der Waals surface area contributed by atoms with Crippen LogP contribution in [-0.2, 0) is 4.79 Å². The van der Waals surface area contributed by atoms with Crippen LogP contribution in [0, 0.1) is 18.2 Å². The van der Waals surface area contributed by atoms with E-state index in [9.17, 15) is 9.18 Å². The predicted octanol–water partition coefficient (Wildman–Crippen LogP) is 1.91. The highest BCUT2D eigenvalue weighted by Crippen LogP contribution is 2.19. The van der Waals surface area contributed by atoms with E-state index in [-0.39, 0.29) is 24.9 Å². The van der Waals surface area contributed by atoms with Gasteiger partial charge in [0.25, 0.3) is 0 Å². The second kappa shape index (κ2) is 6.02. The number of carboxylic acid groups (broad SMARTS) is 1. The van der Waals surface area contributed by atoms with E-state index in [0.717, 1.165) is 5.56 Å². The first-order chi connectivity index (χ1) is 8.04. The Labute approximate surface area is 99.9 Å². The average molecular weight is 235 g/mol. The van der Waals surface area contributed by atoms with E-state index in [4.69, 9.17) is 11.5 Å². The normalized spacial score (nSPS) is 12.1. The van der Waals surface area contributed by atoms with Gasteiger partial charge in [0.15, 0.2) is 0 Å². The largest absolute Gasteiger partial charge is 0.480 e. The predicted molar refractivity (Wildman–Crippen MR) is 62.9 cm³/mol. The van der Waals surface area contributed by atoms with E-state index in [1.54, 1.807) is 17.0 Å². The van der Waals surface area contributed by atoms with Gasteiger partial charge in [0.05, 0.1) is 13.1 Å². The molecule has 0 radical (unpaired) electrons. The van der Waals surface area contributed by atoms with E-state index in [1.165, 1.54) is 12.1 Å². The molecular formula is C13H14FNO2. The van der Waals surface area contributed by atoms with Gasteiger partial charge in [0.2, 0.25) is 0 Å². The van der Waals surface area contributed by atoms with Gasteiger partial charge in [-0.1, -0.05) is 18.1 Å². The monoisotopic (exact) mass is 235 g/mol. The number of carbonyl (C=O) groups is 1. The Morgan fingerprint density at radius 2 is 2.12 bits per heavy atom. The van der Waals surface area contributed by atoms with Gasteiger partial charge in [0, 0.05) is 6.04 Å². The van der Waals surface area contributed by atoms with Crippen LogP contribution in [0.25, 0.3) is 0 Å². The molecule has 0 heterocycles. The van der Waals surface area contributed by atoms with Gasteiger partial charge >= 0.3 is 5.97 Å². The summed E-state index contributed by atoms with van der Waals surface area (Å²) < 4.78 is 12.8. The van der Waals surface area contributed by atoms with E-state index in [1.807, 2.05) is 6.92 Å². The van der Waals surface area contributed by atoms with Gasteiger partial charge in [-0.2, -0.15) is 0 Å². The zero-order valence-corrected chi connectivity index (χ0v) is 9.56. The maximum absolute atomic E-state index is 12.8. The highest BCUT2D eigenvalue weighted by atomic mass is 19.1. The first-order valence-electron chi connectivity index (χ1n) is 5.19. The molecule has 1 N–H and O–H groups in total. The minimum Gasteiger partial charge on any atom is -0.480 e. The summed E-state index contributed by atoms with van der Waals surface area (Å²) in [7, 11) is 0. The Morgan fingerprint density at radius 1 is 1.53 bits per heavy atom. The molecule has 0 saturated heterocycles. The van der Waals surface area contributed by atoms with E-state index < -0.39 is 5.97 Å². The standard InChI is InChI=1S/C13H14FNO2/c1-3-8-15(9-13(16)17)10(2)11-4-6-12(14)7-5-11/h1,4-7,10H,8-9H2,2H3,(H,16,17). The molecule has 0 aliphatic heterocycles. The quantitative estimate of drug-likeness (QED) is 0.792. The van der Waals surface area contributed by atoms with Gasteiger partial charge < -0.3 is 5.11 Å². The molecule has 4 heteroatoms. The molecule has 1 atom stereocenters. The number of hydrogen-bond donors (Lipinski definition) is 1. The number of hydrogen-bond acceptors (Lipinski definition) is 2. The van der Waals surface area contributed by atoms with Crippen molar-refractivity contribution >= 4 is 5.97 Å². The molecule has 1 unspecified atom stereocenters. The topological polar surface area (TPSA) is 40.5 Å². The maximum atomic E-state index is 12.8. The zero-order chi connectivity index (χ0) is 12.8. The fourth-order valence-electron chi connectivity index (χ4n) is 1.57. The number of aliphatic carboxylic acids is 1. The van der Waals surface area contributed by atoms with Crippen LogP contribution in [0.3, 0.4) is 0 Å². The summed E-state index contributed by atoms with van der Waals surface area (Å²) in [5, 5.41) is 8.78. The fourth-order valence-corrected chi connectivity index (χ4v) is 1.57. The van der Waals surface area contributed by atoms with Crippen molar-refractivity contribution in [3.05, 3.63) is 35.6 Å². The lowest BCUT2D eigenvalue weighted by atomic mass is 10.1. The maximum Gasteiger partial charge on any atom is 0.317 e. The second-order valence-corrected chi connectivity index (χ2v) is 3.73. The van der Waals surface area contributed by atoms with Crippen LogP contribution in [0.15, 0.2) is 24.3 Å².